The molecule has 0 aliphatic heterocycles. The number of allylic oxidation sites excluding steroid dienone is 14. The summed E-state index contributed by atoms with van der Waals surface area (Å²) in [7, 11) is 0. The zero-order valence-corrected chi connectivity index (χ0v) is 36.6. The first-order valence-corrected chi connectivity index (χ1v) is 23.1. The van der Waals surface area contributed by atoms with Crippen LogP contribution in [0.5, 0.6) is 0 Å². The summed E-state index contributed by atoms with van der Waals surface area (Å²) in [5, 5.41) is 0. The third kappa shape index (κ3) is 43.8. The van der Waals surface area contributed by atoms with Gasteiger partial charge in [-0.05, 0) is 83.5 Å². The second-order valence-electron chi connectivity index (χ2n) is 14.9. The predicted molar refractivity (Wildman–Crippen MR) is 242 cm³/mol. The van der Waals surface area contributed by atoms with Crippen LogP contribution in [0.1, 0.15) is 201 Å². The normalized spacial score (nSPS) is 13.0. The van der Waals surface area contributed by atoms with Crippen LogP contribution in [0.4, 0.5) is 0 Å². The van der Waals surface area contributed by atoms with Gasteiger partial charge in [0.1, 0.15) is 6.61 Å². The molecule has 1 unspecified atom stereocenters. The van der Waals surface area contributed by atoms with Crippen molar-refractivity contribution < 1.29 is 23.8 Å². The summed E-state index contributed by atoms with van der Waals surface area (Å²) in [5.41, 5.74) is 0. The molecule has 0 saturated heterocycles. The number of carbonyl (C=O) groups is 2. The Labute approximate surface area is 346 Å². The highest BCUT2D eigenvalue weighted by molar-refractivity contribution is 5.70. The Bertz CT molecular complexity index is 1060. The monoisotopic (exact) mass is 779 g/mol. The molecule has 0 rings (SSSR count). The average Bonchev–Trinajstić information content (AvgIpc) is 3.20. The second kappa shape index (κ2) is 46.5. The summed E-state index contributed by atoms with van der Waals surface area (Å²) in [6, 6.07) is 0. The molecule has 0 bridgehead atoms. The Hall–Kier alpha value is -2.92. The van der Waals surface area contributed by atoms with Gasteiger partial charge in [-0.2, -0.15) is 0 Å². The van der Waals surface area contributed by atoms with Gasteiger partial charge >= 0.3 is 11.9 Å². The number of ether oxygens (including phenoxy) is 3. The van der Waals surface area contributed by atoms with E-state index in [9.17, 15) is 9.59 Å². The maximum absolute atomic E-state index is 12.5. The van der Waals surface area contributed by atoms with Crippen molar-refractivity contribution in [2.75, 3.05) is 19.8 Å². The summed E-state index contributed by atoms with van der Waals surface area (Å²) in [6.45, 7) is 7.53. The summed E-state index contributed by atoms with van der Waals surface area (Å²) in [4.78, 5) is 25.0. The topological polar surface area (TPSA) is 61.8 Å². The molecular formula is C51H86O5. The number of hydrogen-bond acceptors (Lipinski definition) is 5. The summed E-state index contributed by atoms with van der Waals surface area (Å²) in [6.07, 6.45) is 60.5. The van der Waals surface area contributed by atoms with Crippen LogP contribution in [-0.2, 0) is 23.8 Å². The zero-order valence-electron chi connectivity index (χ0n) is 36.6. The standard InChI is InChI=1S/C51H86O5/c1-4-7-10-13-15-17-19-21-23-25-26-27-28-30-32-34-36-39-41-44-50(52)55-48-49(56-51(53)45-42-38-12-9-6-3)47-54-46-43-40-37-35-33-31-29-24-22-20-18-16-14-11-8-5-2/h7,10,15,17,21-24,26-27,30,32,36,39,49H,4-6,8-9,11-14,16,18-20,25,28-29,31,33-35,37-38,40-48H2,1-3H3/b10-7-,17-15-,23-21-,24-22-,27-26-,32-30-,39-36-. The van der Waals surface area contributed by atoms with Crippen LogP contribution in [-0.4, -0.2) is 37.9 Å². The van der Waals surface area contributed by atoms with Crippen LogP contribution in [0.3, 0.4) is 0 Å². The van der Waals surface area contributed by atoms with Gasteiger partial charge in [-0.3, -0.25) is 9.59 Å². The summed E-state index contributed by atoms with van der Waals surface area (Å²) < 4.78 is 17.1. The molecular weight excluding hydrogens is 693 g/mol. The van der Waals surface area contributed by atoms with Crippen molar-refractivity contribution in [1.82, 2.24) is 0 Å². The van der Waals surface area contributed by atoms with Crippen molar-refractivity contribution in [3.63, 3.8) is 0 Å². The first kappa shape index (κ1) is 53.1. The maximum Gasteiger partial charge on any atom is 0.306 e. The molecule has 0 aliphatic carbocycles. The molecule has 0 aliphatic rings. The molecule has 0 aromatic heterocycles. The maximum atomic E-state index is 12.5. The molecule has 1 atom stereocenters. The molecule has 0 aromatic rings. The molecule has 0 radical (unpaired) electrons. The summed E-state index contributed by atoms with van der Waals surface area (Å²) >= 11 is 0. The van der Waals surface area contributed by atoms with Gasteiger partial charge in [0.05, 0.1) is 6.61 Å². The van der Waals surface area contributed by atoms with Gasteiger partial charge in [0, 0.05) is 19.4 Å². The van der Waals surface area contributed by atoms with E-state index in [1.54, 1.807) is 0 Å². The molecule has 0 amide bonds. The number of carbonyl (C=O) groups excluding carboxylic acids is 2. The summed E-state index contributed by atoms with van der Waals surface area (Å²) in [5.74, 6) is -0.514. The minimum absolute atomic E-state index is 0.0392. The first-order chi connectivity index (χ1) is 27.6. The van der Waals surface area contributed by atoms with Crippen LogP contribution in [0.2, 0.25) is 0 Å². The molecule has 0 aromatic carbocycles. The lowest BCUT2D eigenvalue weighted by molar-refractivity contribution is -0.162. The number of rotatable bonds is 41. The van der Waals surface area contributed by atoms with E-state index in [0.29, 0.717) is 25.9 Å². The smallest absolute Gasteiger partial charge is 0.306 e. The third-order valence-electron chi connectivity index (χ3n) is 9.43. The SMILES string of the molecule is CC/C=C\C/C=C\C/C=C\C/C=C\C/C=C\C/C=C\CCC(=O)OCC(COCCCCCCCC/C=C\CCCCCCCC)OC(=O)CCCCCCC. The largest absolute Gasteiger partial charge is 0.462 e. The molecule has 0 saturated carbocycles. The van der Waals surface area contributed by atoms with Crippen LogP contribution >= 0.6 is 0 Å². The van der Waals surface area contributed by atoms with E-state index in [2.05, 4.69) is 99.8 Å². The van der Waals surface area contributed by atoms with E-state index in [0.717, 1.165) is 70.6 Å². The fraction of sp³-hybridized carbons (Fsp3) is 0.686. The highest BCUT2D eigenvalue weighted by atomic mass is 16.6. The van der Waals surface area contributed by atoms with E-state index in [1.165, 1.54) is 89.9 Å². The highest BCUT2D eigenvalue weighted by Crippen LogP contribution is 2.12. The Morgan fingerprint density at radius 1 is 0.411 bits per heavy atom. The molecule has 5 heteroatoms. The van der Waals surface area contributed by atoms with E-state index < -0.39 is 6.10 Å². The van der Waals surface area contributed by atoms with Crippen LogP contribution in [0.25, 0.3) is 0 Å². The fourth-order valence-electron chi connectivity index (χ4n) is 6.00. The van der Waals surface area contributed by atoms with E-state index >= 15 is 0 Å². The fourth-order valence-corrected chi connectivity index (χ4v) is 6.00. The minimum Gasteiger partial charge on any atom is -0.462 e. The van der Waals surface area contributed by atoms with E-state index in [4.69, 9.17) is 14.2 Å². The molecule has 0 spiro atoms. The van der Waals surface area contributed by atoms with Crippen molar-refractivity contribution in [2.45, 2.75) is 207 Å². The molecule has 0 fully saturated rings. The van der Waals surface area contributed by atoms with Crippen LogP contribution < -0.4 is 0 Å². The van der Waals surface area contributed by atoms with Gasteiger partial charge in [-0.1, -0.05) is 189 Å². The van der Waals surface area contributed by atoms with Gasteiger partial charge in [0.15, 0.2) is 6.10 Å². The van der Waals surface area contributed by atoms with Crippen molar-refractivity contribution in [3.8, 4) is 0 Å². The molecule has 320 valence electrons. The number of esters is 2. The number of unbranched alkanes of at least 4 members (excludes halogenated alkanes) is 16. The Morgan fingerprint density at radius 3 is 1.36 bits per heavy atom. The zero-order chi connectivity index (χ0) is 40.7. The van der Waals surface area contributed by atoms with Crippen LogP contribution in [0.15, 0.2) is 85.1 Å². The molecule has 56 heavy (non-hydrogen) atoms. The van der Waals surface area contributed by atoms with Crippen LogP contribution in [0, 0.1) is 0 Å². The van der Waals surface area contributed by atoms with Crippen molar-refractivity contribution >= 4 is 11.9 Å². The van der Waals surface area contributed by atoms with Gasteiger partial charge < -0.3 is 14.2 Å². The molecule has 5 nitrogen and oxygen atoms in total. The van der Waals surface area contributed by atoms with Gasteiger partial charge in [0.2, 0.25) is 0 Å². The van der Waals surface area contributed by atoms with Crippen molar-refractivity contribution in [2.24, 2.45) is 0 Å². The number of hydrogen-bond donors (Lipinski definition) is 0. The van der Waals surface area contributed by atoms with Gasteiger partial charge in [0.25, 0.3) is 0 Å². The Balaban J connectivity index is 4.20. The molecule has 0 heterocycles. The van der Waals surface area contributed by atoms with Gasteiger partial charge in [-0.25, -0.2) is 0 Å². The lowest BCUT2D eigenvalue weighted by Crippen LogP contribution is -2.30. The average molecular weight is 779 g/mol. The lowest BCUT2D eigenvalue weighted by Gasteiger charge is -2.18. The van der Waals surface area contributed by atoms with Crippen molar-refractivity contribution in [3.05, 3.63) is 85.1 Å². The quantitative estimate of drug-likeness (QED) is 0.0351. The van der Waals surface area contributed by atoms with Crippen molar-refractivity contribution in [1.29, 1.82) is 0 Å². The second-order valence-corrected chi connectivity index (χ2v) is 14.9. The highest BCUT2D eigenvalue weighted by Gasteiger charge is 2.17. The van der Waals surface area contributed by atoms with E-state index in [-0.39, 0.29) is 25.2 Å². The van der Waals surface area contributed by atoms with Gasteiger partial charge in [-0.15, -0.1) is 0 Å². The lowest BCUT2D eigenvalue weighted by atomic mass is 10.1. The Kier molecular flexibility index (Phi) is 44.0. The molecule has 0 N–H and O–H groups in total. The van der Waals surface area contributed by atoms with E-state index in [1.807, 2.05) is 6.08 Å². The Morgan fingerprint density at radius 2 is 0.839 bits per heavy atom. The predicted octanol–water partition coefficient (Wildman–Crippen LogP) is 15.3. The first-order valence-electron chi connectivity index (χ1n) is 23.1. The third-order valence-corrected chi connectivity index (χ3v) is 9.43. The minimum atomic E-state index is -0.568.